The molecule has 2 heterocycles. The van der Waals surface area contributed by atoms with E-state index in [9.17, 15) is 0 Å². The molecule has 148 valence electrons. The Morgan fingerprint density at radius 3 is 2.68 bits per heavy atom. The second kappa shape index (κ2) is 9.16. The monoisotopic (exact) mass is 403 g/mol. The highest BCUT2D eigenvalue weighted by atomic mass is 35.5. The van der Waals surface area contributed by atoms with E-state index in [-0.39, 0.29) is 31.3 Å². The Labute approximate surface area is 168 Å². The Hall–Kier alpha value is -3.17. The SMILES string of the molecule is C[n+]1ccc(Cn2ncc(N=C3C=C(OCCO)C(=N)C=C3N)c2N)cc1.[Cl-]. The minimum atomic E-state index is -0.145. The summed E-state index contributed by atoms with van der Waals surface area (Å²) in [5.41, 5.74) is 14.6. The van der Waals surface area contributed by atoms with Gasteiger partial charge in [0.2, 0.25) is 0 Å². The van der Waals surface area contributed by atoms with Crippen LogP contribution in [0.15, 0.2) is 59.3 Å². The van der Waals surface area contributed by atoms with E-state index in [1.807, 2.05) is 36.1 Å². The van der Waals surface area contributed by atoms with E-state index in [1.54, 1.807) is 17.0 Å². The molecule has 9 nitrogen and oxygen atoms in total. The Balaban J connectivity index is 0.00000280. The molecule has 0 fully saturated rings. The molecule has 0 radical (unpaired) electrons. The zero-order valence-corrected chi connectivity index (χ0v) is 16.1. The number of nitrogen functional groups attached to an aromatic ring is 1. The normalized spacial score (nSPS) is 15.1. The number of hydrogen-bond acceptors (Lipinski definition) is 7. The van der Waals surface area contributed by atoms with E-state index >= 15 is 0 Å². The third-order valence-electron chi connectivity index (χ3n) is 3.96. The summed E-state index contributed by atoms with van der Waals surface area (Å²) in [6, 6.07) is 3.99. The van der Waals surface area contributed by atoms with Crippen LogP contribution in [-0.4, -0.2) is 39.5 Å². The predicted molar refractivity (Wildman–Crippen MR) is 102 cm³/mol. The summed E-state index contributed by atoms with van der Waals surface area (Å²) in [6.07, 6.45) is 8.49. The van der Waals surface area contributed by atoms with Crippen molar-refractivity contribution in [3.8, 4) is 0 Å². The number of nitrogens with zero attached hydrogens (tertiary/aromatic N) is 4. The molecule has 1 aliphatic rings. The van der Waals surface area contributed by atoms with Gasteiger partial charge in [0.15, 0.2) is 12.4 Å². The van der Waals surface area contributed by atoms with Crippen LogP contribution >= 0.6 is 0 Å². The average Bonchev–Trinajstić information content (AvgIpc) is 2.98. The fourth-order valence-electron chi connectivity index (χ4n) is 2.49. The number of pyridine rings is 1. The van der Waals surface area contributed by atoms with E-state index in [1.165, 1.54) is 6.08 Å². The van der Waals surface area contributed by atoms with Gasteiger partial charge in [-0.15, -0.1) is 0 Å². The van der Waals surface area contributed by atoms with Gasteiger partial charge < -0.3 is 33.7 Å². The Morgan fingerprint density at radius 1 is 1.29 bits per heavy atom. The molecule has 0 atom stereocenters. The van der Waals surface area contributed by atoms with Crippen LogP contribution in [0.5, 0.6) is 0 Å². The highest BCUT2D eigenvalue weighted by Gasteiger charge is 2.17. The number of aliphatic hydroxyl groups is 1. The van der Waals surface area contributed by atoms with E-state index in [0.717, 1.165) is 5.56 Å². The fourth-order valence-corrected chi connectivity index (χ4v) is 2.49. The minimum Gasteiger partial charge on any atom is -1.00 e. The highest BCUT2D eigenvalue weighted by molar-refractivity contribution is 6.22. The molecule has 0 bridgehead atoms. The number of ether oxygens (including phenoxy) is 1. The Kier molecular flexibility index (Phi) is 6.91. The molecule has 0 spiro atoms. The van der Waals surface area contributed by atoms with Gasteiger partial charge in [-0.3, -0.25) is 5.41 Å². The lowest BCUT2D eigenvalue weighted by atomic mass is 10.1. The van der Waals surface area contributed by atoms with Crippen LogP contribution < -0.4 is 28.4 Å². The molecule has 0 aliphatic heterocycles. The van der Waals surface area contributed by atoms with Crippen LogP contribution in [0.25, 0.3) is 0 Å². The number of aryl methyl sites for hydroxylation is 1. The predicted octanol–water partition coefficient (Wildman–Crippen LogP) is -2.82. The summed E-state index contributed by atoms with van der Waals surface area (Å²) in [5, 5.41) is 21.1. The van der Waals surface area contributed by atoms with Crippen molar-refractivity contribution in [3.63, 3.8) is 0 Å². The lowest BCUT2D eigenvalue weighted by Gasteiger charge is -2.14. The summed E-state index contributed by atoms with van der Waals surface area (Å²) < 4.78 is 8.95. The summed E-state index contributed by atoms with van der Waals surface area (Å²) in [6.45, 7) is 0.464. The molecular weight excluding hydrogens is 382 g/mol. The lowest BCUT2D eigenvalue weighted by molar-refractivity contribution is -0.671. The molecule has 0 saturated carbocycles. The zero-order valence-electron chi connectivity index (χ0n) is 15.3. The maximum Gasteiger partial charge on any atom is 0.168 e. The third kappa shape index (κ3) is 4.76. The lowest BCUT2D eigenvalue weighted by Crippen LogP contribution is -3.00. The fraction of sp³-hybridized carbons (Fsp3) is 0.222. The molecular formula is C18H22ClN7O2. The number of allylic oxidation sites excluding steroid dienone is 2. The van der Waals surface area contributed by atoms with Crippen LogP contribution in [0.2, 0.25) is 0 Å². The summed E-state index contributed by atoms with van der Waals surface area (Å²) in [4.78, 5) is 4.46. The van der Waals surface area contributed by atoms with Gasteiger partial charge in [-0.1, -0.05) is 0 Å². The van der Waals surface area contributed by atoms with Crippen LogP contribution in [0.4, 0.5) is 11.5 Å². The number of nitrogens with two attached hydrogens (primary N) is 2. The molecule has 0 saturated heterocycles. The third-order valence-corrected chi connectivity index (χ3v) is 3.96. The summed E-state index contributed by atoms with van der Waals surface area (Å²) in [7, 11) is 1.95. The molecule has 2 aromatic heterocycles. The zero-order chi connectivity index (χ0) is 19.4. The number of hydrogen-bond donors (Lipinski definition) is 4. The van der Waals surface area contributed by atoms with Gasteiger partial charge in [0.25, 0.3) is 0 Å². The average molecular weight is 404 g/mol. The standard InChI is InChI=1S/C18H22N7O2.ClH/c1-24-4-2-12(3-5-24)11-25-18(21)16(10-22-25)23-15-9-17(27-7-6-26)14(20)8-13(15)19;/h2-5,8-10,20,26H,6-7,11,19,21H2,1H3;1H/q+1;/p-1. The highest BCUT2D eigenvalue weighted by Crippen LogP contribution is 2.24. The quantitative estimate of drug-likeness (QED) is 0.304. The van der Waals surface area contributed by atoms with Gasteiger partial charge >= 0.3 is 0 Å². The number of nitrogens with one attached hydrogen (secondary N) is 1. The number of rotatable bonds is 6. The van der Waals surface area contributed by atoms with Crippen molar-refractivity contribution in [2.75, 3.05) is 18.9 Å². The maximum atomic E-state index is 8.89. The molecule has 0 aromatic carbocycles. The van der Waals surface area contributed by atoms with Gasteiger partial charge in [-0.05, 0) is 11.6 Å². The Morgan fingerprint density at radius 2 is 2.00 bits per heavy atom. The van der Waals surface area contributed by atoms with Crippen molar-refractivity contribution in [1.29, 1.82) is 5.41 Å². The molecule has 2 aromatic rings. The molecule has 1 aliphatic carbocycles. The van der Waals surface area contributed by atoms with E-state index in [4.69, 9.17) is 26.7 Å². The first kappa shape index (κ1) is 21.1. The topological polar surface area (TPSA) is 139 Å². The van der Waals surface area contributed by atoms with Crippen LogP contribution in [0.3, 0.4) is 0 Å². The molecule has 10 heteroatoms. The second-order valence-corrected chi connectivity index (χ2v) is 6.04. The number of anilines is 1. The van der Waals surface area contributed by atoms with Crippen LogP contribution in [0.1, 0.15) is 5.56 Å². The van der Waals surface area contributed by atoms with Crippen molar-refractivity contribution < 1.29 is 26.8 Å². The first-order valence-electron chi connectivity index (χ1n) is 8.34. The molecule has 0 amide bonds. The number of aromatic nitrogens is 3. The van der Waals surface area contributed by atoms with Gasteiger partial charge in [-0.25, -0.2) is 14.2 Å². The number of halogens is 1. The van der Waals surface area contributed by atoms with Crippen molar-refractivity contribution in [1.82, 2.24) is 9.78 Å². The number of aliphatic imine (C=N–C) groups is 1. The molecule has 28 heavy (non-hydrogen) atoms. The van der Waals surface area contributed by atoms with Gasteiger partial charge in [-0.2, -0.15) is 5.10 Å². The minimum absolute atomic E-state index is 0. The van der Waals surface area contributed by atoms with E-state index < -0.39 is 0 Å². The maximum absolute atomic E-state index is 8.89. The molecule has 0 unspecified atom stereocenters. The van der Waals surface area contributed by atoms with Crippen LogP contribution in [0, 0.1) is 5.41 Å². The van der Waals surface area contributed by atoms with Crippen molar-refractivity contribution in [3.05, 3.63) is 59.9 Å². The van der Waals surface area contributed by atoms with E-state index in [2.05, 4.69) is 10.1 Å². The second-order valence-electron chi connectivity index (χ2n) is 6.04. The summed E-state index contributed by atoms with van der Waals surface area (Å²) >= 11 is 0. The molecule has 3 rings (SSSR count). The van der Waals surface area contributed by atoms with Gasteiger partial charge in [0.05, 0.1) is 36.5 Å². The Bertz CT molecular complexity index is 945. The van der Waals surface area contributed by atoms with E-state index in [0.29, 0.717) is 35.2 Å². The molecule has 6 N–H and O–H groups in total. The number of aliphatic hydroxyl groups excluding tert-OH is 1. The van der Waals surface area contributed by atoms with Crippen molar-refractivity contribution >= 4 is 22.9 Å². The first-order chi connectivity index (χ1) is 13.0. The van der Waals surface area contributed by atoms with Crippen LogP contribution in [-0.2, 0) is 18.3 Å². The largest absolute Gasteiger partial charge is 1.00 e. The van der Waals surface area contributed by atoms with Crippen molar-refractivity contribution in [2.45, 2.75) is 6.54 Å². The van der Waals surface area contributed by atoms with Gasteiger partial charge in [0, 0.05) is 18.2 Å². The summed E-state index contributed by atoms with van der Waals surface area (Å²) in [5.74, 6) is 0.704. The smallest absolute Gasteiger partial charge is 0.168 e. The first-order valence-corrected chi connectivity index (χ1v) is 8.34. The van der Waals surface area contributed by atoms with Gasteiger partial charge in [0.1, 0.15) is 30.9 Å². The van der Waals surface area contributed by atoms with Crippen molar-refractivity contribution in [2.24, 2.45) is 17.8 Å².